The van der Waals surface area contributed by atoms with Gasteiger partial charge in [0.05, 0.1) is 17.3 Å². The fourth-order valence-corrected chi connectivity index (χ4v) is 4.45. The Hall–Kier alpha value is -3.39. The van der Waals surface area contributed by atoms with Crippen LogP contribution in [0.15, 0.2) is 48.5 Å². The zero-order valence-corrected chi connectivity index (χ0v) is 18.3. The normalized spacial score (nSPS) is 19.5. The van der Waals surface area contributed by atoms with Gasteiger partial charge in [-0.1, -0.05) is 48.0 Å². The first kappa shape index (κ1) is 21.8. The van der Waals surface area contributed by atoms with Crippen molar-refractivity contribution in [3.63, 3.8) is 0 Å². The number of imide groups is 1. The van der Waals surface area contributed by atoms with Crippen molar-refractivity contribution in [3.8, 4) is 0 Å². The summed E-state index contributed by atoms with van der Waals surface area (Å²) in [5.41, 5.74) is 1.11. The number of rotatable bonds is 5. The maximum absolute atomic E-state index is 13.3. The molecule has 0 saturated carbocycles. The lowest BCUT2D eigenvalue weighted by molar-refractivity contribution is -0.139. The second kappa shape index (κ2) is 8.63. The summed E-state index contributed by atoms with van der Waals surface area (Å²) in [7, 11) is 1.44. The number of halogens is 1. The van der Waals surface area contributed by atoms with Gasteiger partial charge < -0.3 is 15.5 Å². The molecule has 0 aromatic heterocycles. The summed E-state index contributed by atoms with van der Waals surface area (Å²) in [6.07, 6.45) is 2.07. The summed E-state index contributed by atoms with van der Waals surface area (Å²) in [6.45, 7) is -0.688. The van der Waals surface area contributed by atoms with Crippen LogP contribution in [0.4, 0.5) is 10.5 Å². The number of aryl methyl sites for hydroxylation is 1. The molecule has 32 heavy (non-hydrogen) atoms. The lowest BCUT2D eigenvalue weighted by Crippen LogP contribution is -2.47. The van der Waals surface area contributed by atoms with Gasteiger partial charge in [0.1, 0.15) is 12.1 Å². The minimum atomic E-state index is -1.13. The van der Waals surface area contributed by atoms with E-state index >= 15 is 0 Å². The highest BCUT2D eigenvalue weighted by Gasteiger charge is 2.54. The van der Waals surface area contributed by atoms with Crippen LogP contribution in [0.3, 0.4) is 0 Å². The molecule has 0 unspecified atom stereocenters. The van der Waals surface area contributed by atoms with E-state index in [9.17, 15) is 19.2 Å². The Bertz CT molecular complexity index is 1100. The van der Waals surface area contributed by atoms with Gasteiger partial charge in [-0.15, -0.1) is 0 Å². The Balaban J connectivity index is 1.42. The summed E-state index contributed by atoms with van der Waals surface area (Å²) in [5, 5.41) is 5.84. The van der Waals surface area contributed by atoms with E-state index in [1.165, 1.54) is 11.9 Å². The van der Waals surface area contributed by atoms with Crippen LogP contribution >= 0.6 is 11.6 Å². The van der Waals surface area contributed by atoms with E-state index in [0.717, 1.165) is 28.9 Å². The number of nitrogens with one attached hydrogen (secondary N) is 2. The van der Waals surface area contributed by atoms with Crippen LogP contribution in [-0.4, -0.2) is 53.7 Å². The number of likely N-dealkylation sites (N-methyl/N-ethyl adjacent to an activating group) is 1. The predicted octanol–water partition coefficient (Wildman–Crippen LogP) is 2.52. The molecule has 1 saturated heterocycles. The van der Waals surface area contributed by atoms with Crippen LogP contribution < -0.4 is 10.6 Å². The molecule has 1 atom stereocenters. The van der Waals surface area contributed by atoms with Gasteiger partial charge in [-0.2, -0.15) is 0 Å². The van der Waals surface area contributed by atoms with E-state index < -0.39 is 35.8 Å². The zero-order chi connectivity index (χ0) is 22.9. The van der Waals surface area contributed by atoms with Crippen LogP contribution in [0, 0.1) is 0 Å². The second-order valence-corrected chi connectivity index (χ2v) is 8.42. The monoisotopic (exact) mass is 454 g/mol. The topological polar surface area (TPSA) is 98.8 Å². The van der Waals surface area contributed by atoms with Gasteiger partial charge in [-0.3, -0.25) is 19.3 Å². The van der Waals surface area contributed by atoms with Crippen LogP contribution in [0.5, 0.6) is 0 Å². The number of hydrogen-bond donors (Lipinski definition) is 2. The van der Waals surface area contributed by atoms with E-state index in [-0.39, 0.29) is 6.54 Å². The molecule has 2 aromatic carbocycles. The van der Waals surface area contributed by atoms with Crippen molar-refractivity contribution in [1.82, 2.24) is 15.1 Å². The Morgan fingerprint density at radius 3 is 2.66 bits per heavy atom. The number of para-hydroxylation sites is 1. The number of nitrogens with zero attached hydrogens (tertiary/aromatic N) is 2. The van der Waals surface area contributed by atoms with Crippen molar-refractivity contribution in [1.29, 1.82) is 0 Å². The molecule has 5 amide bonds. The molecule has 1 aliphatic heterocycles. The fourth-order valence-electron chi connectivity index (χ4n) is 4.27. The first-order chi connectivity index (χ1) is 15.3. The SMILES string of the molecule is CN(CC(=O)Nc1ccccc1Cl)C(=O)CN1C(=O)N[C@@]2(CCCc3ccccc32)C1=O. The van der Waals surface area contributed by atoms with E-state index in [0.29, 0.717) is 17.1 Å². The molecule has 1 heterocycles. The van der Waals surface area contributed by atoms with E-state index in [4.69, 9.17) is 11.6 Å². The van der Waals surface area contributed by atoms with Crippen molar-refractivity contribution < 1.29 is 19.2 Å². The average Bonchev–Trinajstić information content (AvgIpc) is 3.00. The number of hydrogen-bond acceptors (Lipinski definition) is 4. The van der Waals surface area contributed by atoms with Crippen molar-refractivity contribution in [3.05, 3.63) is 64.7 Å². The first-order valence-electron chi connectivity index (χ1n) is 10.3. The maximum atomic E-state index is 13.3. The van der Waals surface area contributed by atoms with Gasteiger partial charge >= 0.3 is 6.03 Å². The number of carbonyl (C=O) groups is 4. The van der Waals surface area contributed by atoms with Gasteiger partial charge in [0.25, 0.3) is 5.91 Å². The summed E-state index contributed by atoms with van der Waals surface area (Å²) in [4.78, 5) is 53.1. The Labute approximate surface area is 190 Å². The Morgan fingerprint density at radius 2 is 1.88 bits per heavy atom. The number of benzene rings is 2. The Kier molecular flexibility index (Phi) is 5.88. The van der Waals surface area contributed by atoms with Gasteiger partial charge in [0.15, 0.2) is 0 Å². The van der Waals surface area contributed by atoms with Gasteiger partial charge in [0, 0.05) is 7.05 Å². The Morgan fingerprint density at radius 1 is 1.16 bits per heavy atom. The molecular weight excluding hydrogens is 432 g/mol. The van der Waals surface area contributed by atoms with Gasteiger partial charge in [-0.25, -0.2) is 4.79 Å². The van der Waals surface area contributed by atoms with E-state index in [2.05, 4.69) is 10.6 Å². The lowest BCUT2D eigenvalue weighted by atomic mass is 9.76. The molecule has 1 fully saturated rings. The molecule has 2 aliphatic rings. The van der Waals surface area contributed by atoms with Crippen LogP contribution in [0.2, 0.25) is 5.02 Å². The summed E-state index contributed by atoms with van der Waals surface area (Å²) in [6, 6.07) is 13.7. The largest absolute Gasteiger partial charge is 0.335 e. The average molecular weight is 455 g/mol. The standard InChI is InChI=1S/C23H23ClN4O4/c1-27(13-19(29)25-18-11-5-4-10-17(18)24)20(30)14-28-21(31)23(26-22(28)32)12-6-8-15-7-2-3-9-16(15)23/h2-5,7,9-11H,6,8,12-14H2,1H3,(H,25,29)(H,26,32)/t23-/m1/s1. The second-order valence-electron chi connectivity index (χ2n) is 8.02. The van der Waals surface area contributed by atoms with Crippen molar-refractivity contribution in [2.24, 2.45) is 0 Å². The van der Waals surface area contributed by atoms with E-state index in [1.807, 2.05) is 24.3 Å². The molecule has 2 aromatic rings. The van der Waals surface area contributed by atoms with E-state index in [1.54, 1.807) is 24.3 Å². The smallest absolute Gasteiger partial charge is 0.325 e. The maximum Gasteiger partial charge on any atom is 0.325 e. The van der Waals surface area contributed by atoms with Crippen LogP contribution in [-0.2, 0) is 26.3 Å². The molecule has 9 heteroatoms. The van der Waals surface area contributed by atoms with Crippen LogP contribution in [0.1, 0.15) is 24.0 Å². The lowest BCUT2D eigenvalue weighted by Gasteiger charge is -2.33. The van der Waals surface area contributed by atoms with Gasteiger partial charge in [-0.05, 0) is 42.5 Å². The summed E-state index contributed by atoms with van der Waals surface area (Å²) >= 11 is 6.04. The molecular formula is C23H23ClN4O4. The summed E-state index contributed by atoms with van der Waals surface area (Å²) < 4.78 is 0. The molecule has 2 N–H and O–H groups in total. The molecule has 166 valence electrons. The third-order valence-electron chi connectivity index (χ3n) is 5.90. The minimum absolute atomic E-state index is 0.248. The third kappa shape index (κ3) is 3.93. The highest BCUT2D eigenvalue weighted by Crippen LogP contribution is 2.39. The first-order valence-corrected chi connectivity index (χ1v) is 10.7. The number of urea groups is 1. The summed E-state index contributed by atoms with van der Waals surface area (Å²) in [5.74, 6) is -1.40. The number of anilines is 1. The number of carbonyl (C=O) groups excluding carboxylic acids is 4. The van der Waals surface area contributed by atoms with Crippen molar-refractivity contribution >= 4 is 41.0 Å². The number of fused-ring (bicyclic) bond motifs is 2. The van der Waals surface area contributed by atoms with Gasteiger partial charge in [0.2, 0.25) is 11.8 Å². The van der Waals surface area contributed by atoms with Crippen molar-refractivity contribution in [2.45, 2.75) is 24.8 Å². The molecule has 1 spiro atoms. The molecule has 1 aliphatic carbocycles. The fraction of sp³-hybridized carbons (Fsp3) is 0.304. The molecule has 8 nitrogen and oxygen atoms in total. The highest BCUT2D eigenvalue weighted by molar-refractivity contribution is 6.33. The quantitative estimate of drug-likeness (QED) is 0.678. The van der Waals surface area contributed by atoms with Crippen molar-refractivity contribution in [2.75, 3.05) is 25.5 Å². The molecule has 0 bridgehead atoms. The predicted molar refractivity (Wildman–Crippen MR) is 119 cm³/mol. The minimum Gasteiger partial charge on any atom is -0.335 e. The highest BCUT2D eigenvalue weighted by atomic mass is 35.5. The van der Waals surface area contributed by atoms with Crippen LogP contribution in [0.25, 0.3) is 0 Å². The number of amides is 5. The third-order valence-corrected chi connectivity index (χ3v) is 6.23. The molecule has 4 rings (SSSR count). The zero-order valence-electron chi connectivity index (χ0n) is 17.6. The molecule has 0 radical (unpaired) electrons.